The molecule has 0 aliphatic heterocycles. The summed E-state index contributed by atoms with van der Waals surface area (Å²) in [5.41, 5.74) is 8.04. The van der Waals surface area contributed by atoms with E-state index in [-0.39, 0.29) is 5.82 Å². The van der Waals surface area contributed by atoms with Gasteiger partial charge in [0.05, 0.1) is 6.20 Å². The lowest BCUT2D eigenvalue weighted by atomic mass is 10.1. The number of anilines is 1. The summed E-state index contributed by atoms with van der Waals surface area (Å²) >= 11 is 0. The standard InChI is InChI=1S/C11H10FN3/c1-7-2-11(13)15-6-10(7)8-3-9(12)5-14-4-8/h2-6H,1H3,(H2,13,15). The topological polar surface area (TPSA) is 51.8 Å². The normalized spacial score (nSPS) is 10.3. The molecule has 0 fully saturated rings. The van der Waals surface area contributed by atoms with Gasteiger partial charge in [-0.15, -0.1) is 0 Å². The zero-order chi connectivity index (χ0) is 10.8. The summed E-state index contributed by atoms with van der Waals surface area (Å²) in [5, 5.41) is 0. The summed E-state index contributed by atoms with van der Waals surface area (Å²) < 4.78 is 13.0. The molecule has 15 heavy (non-hydrogen) atoms. The van der Waals surface area contributed by atoms with Gasteiger partial charge in [-0.1, -0.05) is 0 Å². The third-order valence-electron chi connectivity index (χ3n) is 2.15. The van der Waals surface area contributed by atoms with E-state index >= 15 is 0 Å². The number of pyridine rings is 2. The molecule has 76 valence electrons. The predicted molar refractivity (Wildman–Crippen MR) is 56.6 cm³/mol. The number of nitrogen functional groups attached to an aromatic ring is 1. The highest BCUT2D eigenvalue weighted by molar-refractivity contribution is 5.66. The largest absolute Gasteiger partial charge is 0.384 e. The third kappa shape index (κ3) is 1.93. The predicted octanol–water partition coefficient (Wildman–Crippen LogP) is 2.17. The van der Waals surface area contributed by atoms with Gasteiger partial charge in [-0.25, -0.2) is 9.37 Å². The maximum atomic E-state index is 13.0. The maximum absolute atomic E-state index is 13.0. The van der Waals surface area contributed by atoms with Crippen LogP contribution in [0, 0.1) is 12.7 Å². The number of hydrogen-bond donors (Lipinski definition) is 1. The van der Waals surface area contributed by atoms with Gasteiger partial charge < -0.3 is 5.73 Å². The molecule has 2 N–H and O–H groups in total. The second-order valence-electron chi connectivity index (χ2n) is 3.32. The minimum absolute atomic E-state index is 0.358. The maximum Gasteiger partial charge on any atom is 0.142 e. The summed E-state index contributed by atoms with van der Waals surface area (Å²) in [4.78, 5) is 7.76. The molecule has 2 heterocycles. The second kappa shape index (κ2) is 3.65. The van der Waals surface area contributed by atoms with E-state index in [2.05, 4.69) is 9.97 Å². The molecule has 0 amide bonds. The van der Waals surface area contributed by atoms with Gasteiger partial charge in [0.1, 0.15) is 11.6 Å². The van der Waals surface area contributed by atoms with Gasteiger partial charge in [-0.05, 0) is 24.6 Å². The second-order valence-corrected chi connectivity index (χ2v) is 3.32. The van der Waals surface area contributed by atoms with Gasteiger partial charge >= 0.3 is 0 Å². The van der Waals surface area contributed by atoms with Crippen LogP contribution in [-0.4, -0.2) is 9.97 Å². The first-order chi connectivity index (χ1) is 7.16. The van der Waals surface area contributed by atoms with Crippen LogP contribution in [0.2, 0.25) is 0 Å². The van der Waals surface area contributed by atoms with Gasteiger partial charge in [-0.3, -0.25) is 4.98 Å². The fraction of sp³-hybridized carbons (Fsp3) is 0.0909. The third-order valence-corrected chi connectivity index (χ3v) is 2.15. The lowest BCUT2D eigenvalue weighted by Gasteiger charge is -2.05. The van der Waals surface area contributed by atoms with Crippen molar-refractivity contribution in [2.24, 2.45) is 0 Å². The molecule has 2 rings (SSSR count). The molecular formula is C11H10FN3. The molecule has 0 aromatic carbocycles. The molecule has 0 atom stereocenters. The number of nitrogens with zero attached hydrogens (tertiary/aromatic N) is 2. The van der Waals surface area contributed by atoms with Crippen LogP contribution < -0.4 is 5.73 Å². The van der Waals surface area contributed by atoms with Crippen LogP contribution >= 0.6 is 0 Å². The Morgan fingerprint density at radius 3 is 2.67 bits per heavy atom. The minimum Gasteiger partial charge on any atom is -0.384 e. The zero-order valence-electron chi connectivity index (χ0n) is 8.24. The Labute approximate surface area is 86.8 Å². The van der Waals surface area contributed by atoms with E-state index in [1.165, 1.54) is 12.3 Å². The average molecular weight is 203 g/mol. The molecule has 0 aliphatic rings. The fourth-order valence-corrected chi connectivity index (χ4v) is 1.44. The van der Waals surface area contributed by atoms with Crippen molar-refractivity contribution in [1.29, 1.82) is 0 Å². The summed E-state index contributed by atoms with van der Waals surface area (Å²) in [7, 11) is 0. The average Bonchev–Trinajstić information content (AvgIpc) is 2.17. The Hall–Kier alpha value is -1.97. The SMILES string of the molecule is Cc1cc(N)ncc1-c1cncc(F)c1. The summed E-state index contributed by atoms with van der Waals surface area (Å²) in [6.45, 7) is 1.90. The molecule has 2 aromatic heterocycles. The van der Waals surface area contributed by atoms with E-state index in [1.54, 1.807) is 18.5 Å². The molecular weight excluding hydrogens is 193 g/mol. The van der Waals surface area contributed by atoms with E-state index in [1.807, 2.05) is 6.92 Å². The van der Waals surface area contributed by atoms with Gasteiger partial charge in [0.15, 0.2) is 0 Å². The Balaban J connectivity index is 2.54. The Morgan fingerprint density at radius 1 is 1.20 bits per heavy atom. The number of nitrogens with two attached hydrogens (primary N) is 1. The molecule has 0 saturated carbocycles. The van der Waals surface area contributed by atoms with Crippen molar-refractivity contribution in [3.05, 3.63) is 42.1 Å². The van der Waals surface area contributed by atoms with Crippen molar-refractivity contribution in [1.82, 2.24) is 9.97 Å². The smallest absolute Gasteiger partial charge is 0.142 e. The molecule has 4 heteroatoms. The highest BCUT2D eigenvalue weighted by Crippen LogP contribution is 2.23. The molecule has 0 saturated heterocycles. The van der Waals surface area contributed by atoms with Crippen LogP contribution in [0.5, 0.6) is 0 Å². The molecule has 0 radical (unpaired) electrons. The lowest BCUT2D eigenvalue weighted by Crippen LogP contribution is -1.93. The van der Waals surface area contributed by atoms with Crippen molar-refractivity contribution < 1.29 is 4.39 Å². The molecule has 0 spiro atoms. The van der Waals surface area contributed by atoms with Crippen molar-refractivity contribution in [2.45, 2.75) is 6.92 Å². The van der Waals surface area contributed by atoms with Gasteiger partial charge in [0.2, 0.25) is 0 Å². The quantitative estimate of drug-likeness (QED) is 0.772. The van der Waals surface area contributed by atoms with E-state index < -0.39 is 0 Å². The summed E-state index contributed by atoms with van der Waals surface area (Å²) in [6.07, 6.45) is 4.40. The Kier molecular flexibility index (Phi) is 2.33. The van der Waals surface area contributed by atoms with Crippen molar-refractivity contribution >= 4 is 5.82 Å². The van der Waals surface area contributed by atoms with Gasteiger partial charge in [-0.2, -0.15) is 0 Å². The number of halogens is 1. The van der Waals surface area contributed by atoms with Crippen LogP contribution in [0.15, 0.2) is 30.7 Å². The summed E-state index contributed by atoms with van der Waals surface area (Å²) in [5.74, 6) is 0.101. The van der Waals surface area contributed by atoms with E-state index in [9.17, 15) is 4.39 Å². The monoisotopic (exact) mass is 203 g/mol. The van der Waals surface area contributed by atoms with Crippen molar-refractivity contribution in [3.63, 3.8) is 0 Å². The van der Waals surface area contributed by atoms with E-state index in [0.717, 1.165) is 11.1 Å². The number of rotatable bonds is 1. The number of aromatic nitrogens is 2. The number of hydrogen-bond acceptors (Lipinski definition) is 3. The first-order valence-corrected chi connectivity index (χ1v) is 4.50. The highest BCUT2D eigenvalue weighted by Gasteiger charge is 2.04. The highest BCUT2D eigenvalue weighted by atomic mass is 19.1. The molecule has 0 bridgehead atoms. The fourth-order valence-electron chi connectivity index (χ4n) is 1.44. The van der Waals surface area contributed by atoms with Crippen molar-refractivity contribution in [2.75, 3.05) is 5.73 Å². The van der Waals surface area contributed by atoms with Crippen LogP contribution in [0.4, 0.5) is 10.2 Å². The van der Waals surface area contributed by atoms with E-state index in [0.29, 0.717) is 11.4 Å². The molecule has 2 aromatic rings. The molecule has 0 unspecified atom stereocenters. The molecule has 3 nitrogen and oxygen atoms in total. The first-order valence-electron chi connectivity index (χ1n) is 4.50. The summed E-state index contributed by atoms with van der Waals surface area (Å²) in [6, 6.07) is 3.17. The van der Waals surface area contributed by atoms with E-state index in [4.69, 9.17) is 5.73 Å². The van der Waals surface area contributed by atoms with Crippen LogP contribution in [-0.2, 0) is 0 Å². The zero-order valence-corrected chi connectivity index (χ0v) is 8.24. The van der Waals surface area contributed by atoms with Crippen LogP contribution in [0.25, 0.3) is 11.1 Å². The Morgan fingerprint density at radius 2 is 2.00 bits per heavy atom. The first kappa shape index (κ1) is 9.58. The Bertz CT molecular complexity index is 497. The molecule has 0 aliphatic carbocycles. The van der Waals surface area contributed by atoms with Crippen LogP contribution in [0.1, 0.15) is 5.56 Å². The number of aryl methyl sites for hydroxylation is 1. The van der Waals surface area contributed by atoms with Gasteiger partial charge in [0, 0.05) is 23.5 Å². The minimum atomic E-state index is -0.358. The van der Waals surface area contributed by atoms with Gasteiger partial charge in [0.25, 0.3) is 0 Å². The lowest BCUT2D eigenvalue weighted by molar-refractivity contribution is 0.622. The van der Waals surface area contributed by atoms with Crippen molar-refractivity contribution in [3.8, 4) is 11.1 Å². The van der Waals surface area contributed by atoms with Crippen LogP contribution in [0.3, 0.4) is 0 Å².